The van der Waals surface area contributed by atoms with Gasteiger partial charge in [-0.25, -0.2) is 0 Å². The molecule has 1 aromatic carbocycles. The van der Waals surface area contributed by atoms with Crippen molar-refractivity contribution in [2.45, 2.75) is 46.5 Å². The minimum absolute atomic E-state index is 0.644. The lowest BCUT2D eigenvalue weighted by atomic mass is 9.90. The lowest BCUT2D eigenvalue weighted by Gasteiger charge is -2.17. The van der Waals surface area contributed by atoms with Crippen LogP contribution in [0, 0.1) is 13.8 Å². The van der Waals surface area contributed by atoms with Gasteiger partial charge in [0.25, 0.3) is 0 Å². The van der Waals surface area contributed by atoms with Gasteiger partial charge in [-0.15, -0.1) is 0 Å². The summed E-state index contributed by atoms with van der Waals surface area (Å²) < 4.78 is 0. The van der Waals surface area contributed by atoms with Crippen molar-refractivity contribution in [1.82, 2.24) is 4.98 Å². The van der Waals surface area contributed by atoms with E-state index in [1.54, 1.807) is 0 Å². The van der Waals surface area contributed by atoms with Crippen LogP contribution >= 0.6 is 0 Å². The Morgan fingerprint density at radius 2 is 1.68 bits per heavy atom. The molecule has 1 nitrogen and oxygen atoms in total. The van der Waals surface area contributed by atoms with E-state index >= 15 is 0 Å². The van der Waals surface area contributed by atoms with Crippen molar-refractivity contribution in [3.8, 4) is 11.3 Å². The van der Waals surface area contributed by atoms with Gasteiger partial charge in [0, 0.05) is 11.8 Å². The fraction of sp³-hybridized carbons (Fsp3) is 0.389. The van der Waals surface area contributed by atoms with Gasteiger partial charge in [-0.1, -0.05) is 38.1 Å². The monoisotopic (exact) mass is 253 g/mol. The molecule has 0 saturated carbocycles. The molecule has 0 atom stereocenters. The summed E-state index contributed by atoms with van der Waals surface area (Å²) in [6, 6.07) is 10.8. The van der Waals surface area contributed by atoms with Crippen molar-refractivity contribution >= 4 is 0 Å². The first-order valence-electron chi connectivity index (χ1n) is 7.19. The number of aromatic nitrogens is 1. The highest BCUT2D eigenvalue weighted by molar-refractivity contribution is 5.64. The molecule has 0 radical (unpaired) electrons. The van der Waals surface area contributed by atoms with Crippen LogP contribution in [0.4, 0.5) is 0 Å². The van der Waals surface area contributed by atoms with E-state index in [0.717, 1.165) is 5.69 Å². The Kier molecular flexibility index (Phi) is 4.36. The van der Waals surface area contributed by atoms with Crippen LogP contribution < -0.4 is 0 Å². The third-order valence-corrected chi connectivity index (χ3v) is 3.99. The highest BCUT2D eigenvalue weighted by Crippen LogP contribution is 2.30. The Morgan fingerprint density at radius 3 is 2.32 bits per heavy atom. The van der Waals surface area contributed by atoms with Gasteiger partial charge in [0.15, 0.2) is 0 Å². The molecular weight excluding hydrogens is 230 g/mol. The van der Waals surface area contributed by atoms with E-state index in [2.05, 4.69) is 63.0 Å². The summed E-state index contributed by atoms with van der Waals surface area (Å²) >= 11 is 0. The van der Waals surface area contributed by atoms with Crippen molar-refractivity contribution in [2.24, 2.45) is 0 Å². The minimum atomic E-state index is 0.644. The van der Waals surface area contributed by atoms with Gasteiger partial charge in [-0.05, 0) is 55.4 Å². The molecule has 1 aromatic heterocycles. The second kappa shape index (κ2) is 6.01. The molecule has 0 amide bonds. The Bertz CT molecular complexity index is 553. The van der Waals surface area contributed by atoms with Gasteiger partial charge in [-0.3, -0.25) is 4.98 Å². The predicted molar refractivity (Wildman–Crippen MR) is 82.5 cm³/mol. The molecule has 0 aliphatic heterocycles. The summed E-state index contributed by atoms with van der Waals surface area (Å²) in [5.41, 5.74) is 6.40. The van der Waals surface area contributed by atoms with E-state index in [9.17, 15) is 0 Å². The first-order chi connectivity index (χ1) is 9.17. The lowest BCUT2D eigenvalue weighted by molar-refractivity contribution is 0.637. The molecule has 0 N–H and O–H groups in total. The molecule has 0 aliphatic carbocycles. The Morgan fingerprint density at radius 1 is 1.00 bits per heavy atom. The molecule has 1 heteroatoms. The van der Waals surface area contributed by atoms with Gasteiger partial charge in [0.1, 0.15) is 0 Å². The maximum Gasteiger partial charge on any atom is 0.0707 e. The highest BCUT2D eigenvalue weighted by atomic mass is 14.7. The molecule has 1 heterocycles. The van der Waals surface area contributed by atoms with Crippen LogP contribution in [0.1, 0.15) is 49.3 Å². The second-order valence-electron chi connectivity index (χ2n) is 5.25. The zero-order valence-electron chi connectivity index (χ0n) is 12.4. The molecule has 2 rings (SSSR count). The van der Waals surface area contributed by atoms with Gasteiger partial charge in [0.2, 0.25) is 0 Å². The largest absolute Gasteiger partial charge is 0.256 e. The number of nitrogens with zero attached hydrogens (tertiary/aromatic N) is 1. The van der Waals surface area contributed by atoms with Gasteiger partial charge in [0.05, 0.1) is 5.69 Å². The van der Waals surface area contributed by atoms with E-state index in [1.165, 1.54) is 35.1 Å². The Hall–Kier alpha value is -1.63. The smallest absolute Gasteiger partial charge is 0.0707 e. The average Bonchev–Trinajstić information content (AvgIpc) is 2.43. The van der Waals surface area contributed by atoms with E-state index in [-0.39, 0.29) is 0 Å². The van der Waals surface area contributed by atoms with Crippen molar-refractivity contribution in [3.63, 3.8) is 0 Å². The van der Waals surface area contributed by atoms with Crippen LogP contribution in [-0.4, -0.2) is 4.98 Å². The van der Waals surface area contributed by atoms with Crippen LogP contribution in [-0.2, 0) is 0 Å². The first kappa shape index (κ1) is 13.8. The number of benzene rings is 1. The van der Waals surface area contributed by atoms with Crippen LogP contribution in [0.25, 0.3) is 11.3 Å². The minimum Gasteiger partial charge on any atom is -0.256 e. The van der Waals surface area contributed by atoms with Gasteiger partial charge in [-0.2, -0.15) is 0 Å². The van der Waals surface area contributed by atoms with Crippen LogP contribution in [0.2, 0.25) is 0 Å². The van der Waals surface area contributed by atoms with Crippen molar-refractivity contribution in [1.29, 1.82) is 0 Å². The number of rotatable bonds is 4. The molecule has 19 heavy (non-hydrogen) atoms. The summed E-state index contributed by atoms with van der Waals surface area (Å²) in [6.45, 7) is 8.85. The molecule has 100 valence electrons. The highest BCUT2D eigenvalue weighted by Gasteiger charge is 2.12. The summed E-state index contributed by atoms with van der Waals surface area (Å²) in [6.07, 6.45) is 4.40. The van der Waals surface area contributed by atoms with Gasteiger partial charge < -0.3 is 0 Å². The topological polar surface area (TPSA) is 12.9 Å². The molecule has 2 aromatic rings. The van der Waals surface area contributed by atoms with Crippen molar-refractivity contribution in [3.05, 3.63) is 53.2 Å². The maximum absolute atomic E-state index is 4.62. The fourth-order valence-electron chi connectivity index (χ4n) is 2.72. The number of pyridine rings is 1. The molecule has 0 bridgehead atoms. The first-order valence-corrected chi connectivity index (χ1v) is 7.19. The lowest BCUT2D eigenvalue weighted by Crippen LogP contribution is -2.00. The molecular formula is C18H23N. The Balaban J connectivity index is 2.50. The summed E-state index contributed by atoms with van der Waals surface area (Å²) in [4.78, 5) is 4.62. The molecule has 0 spiro atoms. The molecule has 0 aliphatic rings. The maximum atomic E-state index is 4.62. The molecule has 0 unspecified atom stereocenters. The second-order valence-corrected chi connectivity index (χ2v) is 5.25. The zero-order valence-corrected chi connectivity index (χ0v) is 12.4. The van der Waals surface area contributed by atoms with Crippen molar-refractivity contribution < 1.29 is 0 Å². The number of hydrogen-bond acceptors (Lipinski definition) is 1. The van der Waals surface area contributed by atoms with Gasteiger partial charge >= 0.3 is 0 Å². The fourth-order valence-corrected chi connectivity index (χ4v) is 2.72. The van der Waals surface area contributed by atoms with E-state index in [1.807, 2.05) is 6.20 Å². The zero-order chi connectivity index (χ0) is 13.8. The van der Waals surface area contributed by atoms with Crippen LogP contribution in [0.5, 0.6) is 0 Å². The molecule has 0 fully saturated rings. The summed E-state index contributed by atoms with van der Waals surface area (Å²) in [7, 11) is 0. The summed E-state index contributed by atoms with van der Waals surface area (Å²) in [5, 5.41) is 0. The predicted octanol–water partition coefficient (Wildman–Crippen LogP) is 5.27. The number of hydrogen-bond donors (Lipinski definition) is 0. The van der Waals surface area contributed by atoms with E-state index < -0.39 is 0 Å². The normalized spacial score (nSPS) is 11.0. The third-order valence-electron chi connectivity index (χ3n) is 3.99. The number of aryl methyl sites for hydroxylation is 2. The molecule has 0 saturated heterocycles. The standard InChI is InChI=1S/C18H23N/c1-5-15(6-2)17-11-18(19-12-14(17)4)16-10-8-7-9-13(16)3/h7-12,15H,5-6H2,1-4H3. The van der Waals surface area contributed by atoms with Crippen molar-refractivity contribution in [2.75, 3.05) is 0 Å². The Labute approximate surface area is 116 Å². The van der Waals surface area contributed by atoms with E-state index in [0.29, 0.717) is 5.92 Å². The SMILES string of the molecule is CCC(CC)c1cc(-c2ccccc2C)ncc1C. The quantitative estimate of drug-likeness (QED) is 0.723. The van der Waals surface area contributed by atoms with Crippen LogP contribution in [0.15, 0.2) is 36.5 Å². The van der Waals surface area contributed by atoms with E-state index in [4.69, 9.17) is 0 Å². The van der Waals surface area contributed by atoms with Crippen LogP contribution in [0.3, 0.4) is 0 Å². The average molecular weight is 253 g/mol. The third kappa shape index (κ3) is 2.86. The summed E-state index contributed by atoms with van der Waals surface area (Å²) in [5.74, 6) is 0.644.